The Morgan fingerprint density at radius 3 is 2.04 bits per heavy atom. The SMILES string of the molecule is COc1ccc(C(OC[C@H]2O[C@](n3cnc4c(=O)[nH]c(NC(=O)C(C)C)nc43)([SiH](C)C)[C@H](OC(C)(C)C)[C@@H]2O)(c2ccccc2)c2ccc(OC)cc2)cc1. The van der Waals surface area contributed by atoms with Crippen LogP contribution in [-0.2, 0) is 30.0 Å². The summed E-state index contributed by atoms with van der Waals surface area (Å²) >= 11 is 0. The fourth-order valence-corrected chi connectivity index (χ4v) is 9.30. The van der Waals surface area contributed by atoms with E-state index in [4.69, 9.17) is 23.7 Å². The molecule has 5 aromatic rings. The molecule has 13 nitrogen and oxygen atoms in total. The van der Waals surface area contributed by atoms with Crippen molar-refractivity contribution in [1.29, 1.82) is 0 Å². The Morgan fingerprint density at radius 2 is 1.53 bits per heavy atom. The lowest BCUT2D eigenvalue weighted by atomic mass is 9.80. The van der Waals surface area contributed by atoms with Gasteiger partial charge < -0.3 is 28.8 Å². The third-order valence-electron chi connectivity index (χ3n) is 9.93. The summed E-state index contributed by atoms with van der Waals surface area (Å²) in [7, 11) is 1.11. The van der Waals surface area contributed by atoms with E-state index in [0.717, 1.165) is 16.7 Å². The molecule has 292 valence electrons. The van der Waals surface area contributed by atoms with E-state index in [9.17, 15) is 14.7 Å². The van der Waals surface area contributed by atoms with Gasteiger partial charge >= 0.3 is 0 Å². The van der Waals surface area contributed by atoms with Crippen molar-refractivity contribution in [2.45, 2.75) is 82.6 Å². The van der Waals surface area contributed by atoms with Gasteiger partial charge in [-0.2, -0.15) is 4.98 Å². The van der Waals surface area contributed by atoms with Crippen molar-refractivity contribution in [2.75, 3.05) is 26.1 Å². The number of nitrogens with zero attached hydrogens (tertiary/aromatic N) is 3. The van der Waals surface area contributed by atoms with E-state index >= 15 is 0 Å². The van der Waals surface area contributed by atoms with Crippen LogP contribution < -0.4 is 20.3 Å². The molecule has 0 saturated carbocycles. The highest BCUT2D eigenvalue weighted by atomic mass is 28.3. The number of anilines is 1. The maximum atomic E-state index is 13.3. The number of benzene rings is 3. The maximum Gasteiger partial charge on any atom is 0.280 e. The van der Waals surface area contributed by atoms with Gasteiger partial charge in [0.25, 0.3) is 5.56 Å². The molecule has 3 heterocycles. The van der Waals surface area contributed by atoms with E-state index in [-0.39, 0.29) is 35.5 Å². The molecule has 4 atom stereocenters. The summed E-state index contributed by atoms with van der Waals surface area (Å²) in [5, 5.41) is 13.8. The van der Waals surface area contributed by atoms with Crippen LogP contribution in [0, 0.1) is 5.92 Å². The van der Waals surface area contributed by atoms with Gasteiger partial charge in [-0.1, -0.05) is 81.5 Å². The van der Waals surface area contributed by atoms with Gasteiger partial charge in [-0.3, -0.25) is 24.5 Å². The Bertz CT molecular complexity index is 2100. The number of H-pyrrole nitrogens is 1. The average molecular weight is 770 g/mol. The summed E-state index contributed by atoms with van der Waals surface area (Å²) in [5.74, 6) is 0.706. The number of aliphatic hydroxyl groups is 1. The van der Waals surface area contributed by atoms with Crippen molar-refractivity contribution >= 4 is 31.8 Å². The fraction of sp³-hybridized carbons (Fsp3) is 0.415. The molecular formula is C41H51N5O8Si. The lowest BCUT2D eigenvalue weighted by Crippen LogP contribution is -2.57. The number of aromatic nitrogens is 4. The molecule has 3 aromatic carbocycles. The van der Waals surface area contributed by atoms with Crippen LogP contribution in [0.15, 0.2) is 90.0 Å². The van der Waals surface area contributed by atoms with Crippen LogP contribution in [0.1, 0.15) is 51.3 Å². The zero-order valence-electron chi connectivity index (χ0n) is 32.8. The monoisotopic (exact) mass is 769 g/mol. The summed E-state index contributed by atoms with van der Waals surface area (Å²) in [5.41, 5.74) is 0.335. The zero-order valence-corrected chi connectivity index (χ0v) is 34.0. The highest BCUT2D eigenvalue weighted by Gasteiger charge is 2.60. The topological polar surface area (TPSA) is 159 Å². The predicted octanol–water partition coefficient (Wildman–Crippen LogP) is 5.36. The van der Waals surface area contributed by atoms with E-state index in [1.807, 2.05) is 99.6 Å². The first-order valence-electron chi connectivity index (χ1n) is 18.5. The van der Waals surface area contributed by atoms with Gasteiger partial charge in [0.1, 0.15) is 35.4 Å². The molecule has 0 radical (unpaired) electrons. The Labute approximate surface area is 322 Å². The highest BCUT2D eigenvalue weighted by molar-refractivity contribution is 6.58. The molecule has 6 rings (SSSR count). The smallest absolute Gasteiger partial charge is 0.280 e. The number of carbonyl (C=O) groups excluding carboxylic acids is 1. The lowest BCUT2D eigenvalue weighted by Gasteiger charge is -2.41. The molecule has 2 aromatic heterocycles. The van der Waals surface area contributed by atoms with Crippen LogP contribution >= 0.6 is 0 Å². The largest absolute Gasteiger partial charge is 0.497 e. The molecule has 0 unspecified atom stereocenters. The molecule has 55 heavy (non-hydrogen) atoms. The fourth-order valence-electron chi connectivity index (χ4n) is 7.19. The Kier molecular flexibility index (Phi) is 11.4. The summed E-state index contributed by atoms with van der Waals surface area (Å²) in [6.07, 6.45) is -1.52. The second-order valence-corrected chi connectivity index (χ2v) is 18.5. The second-order valence-electron chi connectivity index (χ2n) is 15.4. The van der Waals surface area contributed by atoms with Crippen molar-refractivity contribution < 1.29 is 33.6 Å². The van der Waals surface area contributed by atoms with Crippen LogP contribution in [0.4, 0.5) is 5.95 Å². The number of aliphatic hydroxyl groups excluding tert-OH is 1. The summed E-state index contributed by atoms with van der Waals surface area (Å²) in [4.78, 5) is 37.7. The molecule has 0 bridgehead atoms. The van der Waals surface area contributed by atoms with Crippen LogP contribution in [0.3, 0.4) is 0 Å². The third-order valence-corrected chi connectivity index (χ3v) is 12.3. The lowest BCUT2D eigenvalue weighted by molar-refractivity contribution is -0.154. The Hall–Kier alpha value is -4.86. The molecule has 0 aliphatic carbocycles. The average Bonchev–Trinajstić information content (AvgIpc) is 3.71. The minimum absolute atomic E-state index is 0.0168. The number of carbonyl (C=O) groups is 1. The Balaban J connectivity index is 1.49. The van der Waals surface area contributed by atoms with Gasteiger partial charge in [0.15, 0.2) is 16.5 Å². The zero-order chi connectivity index (χ0) is 39.7. The number of fused-ring (bicyclic) bond motifs is 1. The van der Waals surface area contributed by atoms with Crippen molar-refractivity contribution in [3.05, 3.63) is 112 Å². The molecule has 1 aliphatic heterocycles. The first-order valence-corrected chi connectivity index (χ1v) is 21.3. The number of hydrogen-bond acceptors (Lipinski definition) is 10. The van der Waals surface area contributed by atoms with Crippen molar-refractivity contribution in [1.82, 2.24) is 19.5 Å². The molecule has 14 heteroatoms. The first-order chi connectivity index (χ1) is 26.1. The number of ether oxygens (including phenoxy) is 5. The molecule has 1 fully saturated rings. The molecule has 0 spiro atoms. The van der Waals surface area contributed by atoms with Crippen LogP contribution in [0.5, 0.6) is 11.5 Å². The van der Waals surface area contributed by atoms with E-state index < -0.39 is 49.2 Å². The standard InChI is InChI=1S/C41H51N5O8Si/c1-25(2)36(48)44-38-43-35-32(37(49)45-38)42-24-46(35)41(55(8)9)34(54-39(3,4)5)33(47)31(53-41)23-52-40(26-13-11-10-12-14-26,27-15-19-29(50-6)20-16-27)28-17-21-30(51-7)22-18-28/h10-22,24-25,31,33-34,47,55H,23H2,1-9H3,(H2,43,44,45,48,49)/t31-,33-,34-,41+/m1/s1. The van der Waals surface area contributed by atoms with Gasteiger partial charge in [0, 0.05) is 5.92 Å². The molecule has 1 amide bonds. The Morgan fingerprint density at radius 1 is 0.964 bits per heavy atom. The summed E-state index contributed by atoms with van der Waals surface area (Å²) in [6.45, 7) is 13.3. The minimum atomic E-state index is -2.13. The predicted molar refractivity (Wildman–Crippen MR) is 212 cm³/mol. The van der Waals surface area contributed by atoms with Gasteiger partial charge in [-0.25, -0.2) is 4.98 Å². The van der Waals surface area contributed by atoms with E-state index in [1.165, 1.54) is 6.33 Å². The molecular weight excluding hydrogens is 719 g/mol. The van der Waals surface area contributed by atoms with Gasteiger partial charge in [-0.05, 0) is 61.7 Å². The van der Waals surface area contributed by atoms with Gasteiger partial charge in [-0.15, -0.1) is 0 Å². The number of amides is 1. The number of imidazole rings is 1. The molecule has 3 N–H and O–H groups in total. The number of methoxy groups -OCH3 is 2. The molecule has 1 aliphatic rings. The quantitative estimate of drug-likeness (QED) is 0.105. The number of hydrogen-bond donors (Lipinski definition) is 3. The first kappa shape index (κ1) is 39.8. The van der Waals surface area contributed by atoms with Crippen molar-refractivity contribution in [3.8, 4) is 11.5 Å². The maximum absolute atomic E-state index is 13.3. The summed E-state index contributed by atoms with van der Waals surface area (Å²) < 4.78 is 33.8. The normalized spacial score (nSPS) is 20.3. The van der Waals surface area contributed by atoms with E-state index in [2.05, 4.69) is 33.4 Å². The van der Waals surface area contributed by atoms with Crippen LogP contribution in [-0.4, -0.2) is 84.1 Å². The van der Waals surface area contributed by atoms with Crippen molar-refractivity contribution in [2.24, 2.45) is 5.92 Å². The van der Waals surface area contributed by atoms with Crippen molar-refractivity contribution in [3.63, 3.8) is 0 Å². The number of aromatic amines is 1. The van der Waals surface area contributed by atoms with E-state index in [0.29, 0.717) is 11.5 Å². The second kappa shape index (κ2) is 15.7. The third kappa shape index (κ3) is 7.56. The van der Waals surface area contributed by atoms with Crippen LogP contribution in [0.2, 0.25) is 13.1 Å². The summed E-state index contributed by atoms with van der Waals surface area (Å²) in [6, 6.07) is 25.3. The molecule has 1 saturated heterocycles. The van der Waals surface area contributed by atoms with Crippen LogP contribution in [0.25, 0.3) is 11.2 Å². The van der Waals surface area contributed by atoms with Gasteiger partial charge in [0.05, 0.1) is 41.6 Å². The van der Waals surface area contributed by atoms with Gasteiger partial charge in [0.2, 0.25) is 11.9 Å². The highest BCUT2D eigenvalue weighted by Crippen LogP contribution is 2.46. The number of rotatable bonds is 13. The minimum Gasteiger partial charge on any atom is -0.497 e. The van der Waals surface area contributed by atoms with E-state index in [1.54, 1.807) is 32.6 Å². The number of nitrogens with one attached hydrogen (secondary N) is 2.